The fourth-order valence-corrected chi connectivity index (χ4v) is 1.27. The van der Waals surface area contributed by atoms with Crippen LogP contribution in [-0.4, -0.2) is 4.98 Å². The van der Waals surface area contributed by atoms with Crippen LogP contribution < -0.4 is 0 Å². The Hall–Kier alpha value is -1.31. The monoisotopic (exact) mass is 149 g/mol. The molecule has 0 fully saturated rings. The van der Waals surface area contributed by atoms with Crippen molar-refractivity contribution in [1.29, 1.82) is 0 Å². The highest BCUT2D eigenvalue weighted by atomic mass is 19.1. The van der Waals surface area contributed by atoms with E-state index in [9.17, 15) is 4.39 Å². The van der Waals surface area contributed by atoms with Crippen LogP contribution >= 0.6 is 0 Å². The zero-order valence-electron chi connectivity index (χ0n) is 6.19. The van der Waals surface area contributed by atoms with Gasteiger partial charge in [-0.2, -0.15) is 0 Å². The van der Waals surface area contributed by atoms with E-state index < -0.39 is 0 Å². The van der Waals surface area contributed by atoms with Crippen molar-refractivity contribution < 1.29 is 4.39 Å². The Labute approximate surface area is 63.9 Å². The van der Waals surface area contributed by atoms with E-state index in [1.165, 1.54) is 6.07 Å². The van der Waals surface area contributed by atoms with E-state index in [1.54, 1.807) is 12.3 Å². The van der Waals surface area contributed by atoms with Crippen LogP contribution in [0.15, 0.2) is 24.4 Å². The molecule has 0 radical (unpaired) electrons. The number of halogens is 1. The van der Waals surface area contributed by atoms with E-state index in [4.69, 9.17) is 0 Å². The molecule has 1 nitrogen and oxygen atoms in total. The van der Waals surface area contributed by atoms with Gasteiger partial charge in [-0.05, 0) is 24.6 Å². The van der Waals surface area contributed by atoms with Gasteiger partial charge < -0.3 is 4.98 Å². The largest absolute Gasteiger partial charge is 0.359 e. The SMILES string of the molecule is Cc1ccc(F)c2[nH]ccc12. The van der Waals surface area contributed by atoms with Crippen LogP contribution in [0.4, 0.5) is 4.39 Å². The molecule has 1 heterocycles. The summed E-state index contributed by atoms with van der Waals surface area (Å²) in [5.74, 6) is -0.185. The third kappa shape index (κ3) is 0.827. The highest BCUT2D eigenvalue weighted by Gasteiger charge is 2.01. The molecule has 1 N–H and O–H groups in total. The minimum absolute atomic E-state index is 0.185. The van der Waals surface area contributed by atoms with Crippen molar-refractivity contribution in [1.82, 2.24) is 4.98 Å². The summed E-state index contributed by atoms with van der Waals surface area (Å²) in [5.41, 5.74) is 1.70. The second-order valence-corrected chi connectivity index (χ2v) is 2.63. The molecule has 0 unspecified atom stereocenters. The highest BCUT2D eigenvalue weighted by Crippen LogP contribution is 2.19. The van der Waals surface area contributed by atoms with E-state index >= 15 is 0 Å². The van der Waals surface area contributed by atoms with Crippen LogP contribution in [-0.2, 0) is 0 Å². The van der Waals surface area contributed by atoms with Gasteiger partial charge >= 0.3 is 0 Å². The molecule has 2 aromatic rings. The van der Waals surface area contributed by atoms with E-state index in [1.807, 2.05) is 13.0 Å². The van der Waals surface area contributed by atoms with Gasteiger partial charge in [0.25, 0.3) is 0 Å². The first kappa shape index (κ1) is 6.40. The summed E-state index contributed by atoms with van der Waals surface area (Å²) < 4.78 is 13.0. The third-order valence-corrected chi connectivity index (χ3v) is 1.89. The molecular weight excluding hydrogens is 141 g/mol. The van der Waals surface area contributed by atoms with Crippen molar-refractivity contribution in [2.45, 2.75) is 6.92 Å². The van der Waals surface area contributed by atoms with Crippen LogP contribution in [0.5, 0.6) is 0 Å². The lowest BCUT2D eigenvalue weighted by atomic mass is 10.1. The Morgan fingerprint density at radius 3 is 2.82 bits per heavy atom. The summed E-state index contributed by atoms with van der Waals surface area (Å²) in [4.78, 5) is 2.85. The first-order valence-electron chi connectivity index (χ1n) is 3.51. The minimum Gasteiger partial charge on any atom is -0.359 e. The standard InChI is InChI=1S/C9H8FN/c1-6-2-3-8(10)9-7(6)4-5-11-9/h2-5,11H,1H3. The molecule has 0 aliphatic heterocycles. The van der Waals surface area contributed by atoms with Crippen molar-refractivity contribution in [3.63, 3.8) is 0 Å². The van der Waals surface area contributed by atoms with Crippen molar-refractivity contribution in [2.24, 2.45) is 0 Å². The molecule has 0 saturated heterocycles. The molecule has 0 spiro atoms. The van der Waals surface area contributed by atoms with Gasteiger partial charge in [0, 0.05) is 11.6 Å². The summed E-state index contributed by atoms with van der Waals surface area (Å²) in [6.07, 6.45) is 1.75. The second-order valence-electron chi connectivity index (χ2n) is 2.63. The molecule has 0 bridgehead atoms. The molecule has 0 atom stereocenters. The maximum atomic E-state index is 13.0. The zero-order valence-corrected chi connectivity index (χ0v) is 6.19. The number of benzene rings is 1. The average Bonchev–Trinajstić information content (AvgIpc) is 2.45. The molecule has 0 aliphatic carbocycles. The Morgan fingerprint density at radius 1 is 1.27 bits per heavy atom. The number of H-pyrrole nitrogens is 1. The Bertz CT molecular complexity index is 353. The lowest BCUT2D eigenvalue weighted by Gasteiger charge is -1.95. The third-order valence-electron chi connectivity index (χ3n) is 1.89. The first-order chi connectivity index (χ1) is 5.29. The maximum absolute atomic E-state index is 13.0. The molecule has 1 aromatic heterocycles. The molecule has 11 heavy (non-hydrogen) atoms. The van der Waals surface area contributed by atoms with E-state index in [0.29, 0.717) is 5.52 Å². The summed E-state index contributed by atoms with van der Waals surface area (Å²) in [6, 6.07) is 5.15. The van der Waals surface area contributed by atoms with Crippen LogP contribution in [0, 0.1) is 12.7 Å². The Balaban J connectivity index is 2.96. The van der Waals surface area contributed by atoms with Crippen LogP contribution in [0.1, 0.15) is 5.56 Å². The van der Waals surface area contributed by atoms with Crippen LogP contribution in [0.3, 0.4) is 0 Å². The number of hydrogen-bond acceptors (Lipinski definition) is 0. The van der Waals surface area contributed by atoms with Gasteiger partial charge in [0.1, 0.15) is 5.82 Å². The van der Waals surface area contributed by atoms with Gasteiger partial charge in [0.05, 0.1) is 5.52 Å². The summed E-state index contributed by atoms with van der Waals surface area (Å²) in [6.45, 7) is 1.97. The fourth-order valence-electron chi connectivity index (χ4n) is 1.27. The smallest absolute Gasteiger partial charge is 0.147 e. The summed E-state index contributed by atoms with van der Waals surface area (Å²) in [5, 5.41) is 0.963. The normalized spacial score (nSPS) is 10.7. The quantitative estimate of drug-likeness (QED) is 0.592. The lowest BCUT2D eigenvalue weighted by molar-refractivity contribution is 0.637. The number of aryl methyl sites for hydroxylation is 1. The molecular formula is C9H8FN. The van der Waals surface area contributed by atoms with Gasteiger partial charge in [0.2, 0.25) is 0 Å². The number of rotatable bonds is 0. The molecule has 2 rings (SSSR count). The van der Waals surface area contributed by atoms with Crippen LogP contribution in [0.2, 0.25) is 0 Å². The zero-order chi connectivity index (χ0) is 7.84. The van der Waals surface area contributed by atoms with Gasteiger partial charge in [-0.15, -0.1) is 0 Å². The lowest BCUT2D eigenvalue weighted by Crippen LogP contribution is -1.79. The molecule has 0 amide bonds. The number of fused-ring (bicyclic) bond motifs is 1. The van der Waals surface area contributed by atoms with Crippen molar-refractivity contribution in [3.05, 3.63) is 35.8 Å². The van der Waals surface area contributed by atoms with Crippen molar-refractivity contribution in [3.8, 4) is 0 Å². The van der Waals surface area contributed by atoms with Gasteiger partial charge in [-0.3, -0.25) is 0 Å². The number of aromatic nitrogens is 1. The topological polar surface area (TPSA) is 15.8 Å². The predicted octanol–water partition coefficient (Wildman–Crippen LogP) is 2.62. The molecule has 2 heteroatoms. The predicted molar refractivity (Wildman–Crippen MR) is 43.0 cm³/mol. The summed E-state index contributed by atoms with van der Waals surface area (Å²) >= 11 is 0. The summed E-state index contributed by atoms with van der Waals surface area (Å²) in [7, 11) is 0. The number of nitrogens with one attached hydrogen (secondary N) is 1. The Kier molecular flexibility index (Phi) is 1.22. The van der Waals surface area contributed by atoms with Gasteiger partial charge in [0.15, 0.2) is 0 Å². The number of aromatic amines is 1. The highest BCUT2D eigenvalue weighted by molar-refractivity contribution is 5.83. The first-order valence-corrected chi connectivity index (χ1v) is 3.51. The molecule has 0 aliphatic rings. The van der Waals surface area contributed by atoms with Gasteiger partial charge in [-0.1, -0.05) is 6.07 Å². The van der Waals surface area contributed by atoms with Gasteiger partial charge in [-0.25, -0.2) is 4.39 Å². The maximum Gasteiger partial charge on any atom is 0.147 e. The molecule has 1 aromatic carbocycles. The fraction of sp³-hybridized carbons (Fsp3) is 0.111. The van der Waals surface area contributed by atoms with Crippen molar-refractivity contribution in [2.75, 3.05) is 0 Å². The Morgan fingerprint density at radius 2 is 2.09 bits per heavy atom. The second kappa shape index (κ2) is 2.09. The van der Waals surface area contributed by atoms with Crippen LogP contribution in [0.25, 0.3) is 10.9 Å². The molecule has 56 valence electrons. The van der Waals surface area contributed by atoms with E-state index in [2.05, 4.69) is 4.98 Å². The minimum atomic E-state index is -0.185. The molecule has 0 saturated carbocycles. The van der Waals surface area contributed by atoms with Crippen molar-refractivity contribution >= 4 is 10.9 Å². The van der Waals surface area contributed by atoms with E-state index in [0.717, 1.165) is 10.9 Å². The van der Waals surface area contributed by atoms with E-state index in [-0.39, 0.29) is 5.82 Å². The average molecular weight is 149 g/mol. The number of hydrogen-bond donors (Lipinski definition) is 1.